The van der Waals surface area contributed by atoms with E-state index >= 15 is 0 Å². The molecule has 110 valence electrons. The van der Waals surface area contributed by atoms with E-state index in [4.69, 9.17) is 5.73 Å². The maximum Gasteiger partial charge on any atom is 0.312 e. The van der Waals surface area contributed by atoms with Crippen LogP contribution in [-0.4, -0.2) is 13.3 Å². The van der Waals surface area contributed by atoms with Gasteiger partial charge >= 0.3 is 5.69 Å². The summed E-state index contributed by atoms with van der Waals surface area (Å²) < 4.78 is 27.8. The highest BCUT2D eigenvalue weighted by atomic mass is 127. The van der Waals surface area contributed by atoms with Crippen molar-refractivity contribution in [2.45, 2.75) is 4.90 Å². The molecule has 0 unspecified atom stereocenters. The van der Waals surface area contributed by atoms with Crippen molar-refractivity contribution in [3.63, 3.8) is 0 Å². The van der Waals surface area contributed by atoms with E-state index in [9.17, 15) is 18.5 Å². The average Bonchev–Trinajstić information content (AvgIpc) is 2.37. The first-order valence-electron chi connectivity index (χ1n) is 5.62. The van der Waals surface area contributed by atoms with Crippen LogP contribution in [-0.2, 0) is 10.0 Å². The molecule has 0 amide bonds. The Bertz CT molecular complexity index is 808. The maximum absolute atomic E-state index is 12.3. The number of rotatable bonds is 4. The highest BCUT2D eigenvalue weighted by molar-refractivity contribution is 14.1. The molecule has 0 saturated heterocycles. The first-order chi connectivity index (χ1) is 9.81. The SMILES string of the molecule is Nc1cccc(S(=O)(=O)Nc2cccc(I)c2)c1[N+](=O)[O-]. The lowest BCUT2D eigenvalue weighted by atomic mass is 10.3. The number of nitrogens with two attached hydrogens (primary N) is 1. The molecule has 3 N–H and O–H groups in total. The summed E-state index contributed by atoms with van der Waals surface area (Å²) in [5.74, 6) is 0. The lowest BCUT2D eigenvalue weighted by molar-refractivity contribution is -0.386. The van der Waals surface area contributed by atoms with E-state index in [1.165, 1.54) is 12.1 Å². The van der Waals surface area contributed by atoms with Crippen LogP contribution in [0.4, 0.5) is 17.1 Å². The first kappa shape index (κ1) is 15.5. The van der Waals surface area contributed by atoms with Crippen LogP contribution in [0.1, 0.15) is 0 Å². The first-order valence-corrected chi connectivity index (χ1v) is 8.19. The number of halogens is 1. The summed E-state index contributed by atoms with van der Waals surface area (Å²) in [4.78, 5) is 9.75. The van der Waals surface area contributed by atoms with Crippen molar-refractivity contribution in [1.82, 2.24) is 0 Å². The highest BCUT2D eigenvalue weighted by Gasteiger charge is 2.28. The maximum atomic E-state index is 12.3. The summed E-state index contributed by atoms with van der Waals surface area (Å²) in [7, 11) is -4.10. The van der Waals surface area contributed by atoms with Crippen LogP contribution in [0.5, 0.6) is 0 Å². The van der Waals surface area contributed by atoms with Crippen LogP contribution in [0.3, 0.4) is 0 Å². The van der Waals surface area contributed by atoms with E-state index in [1.807, 2.05) is 22.6 Å². The van der Waals surface area contributed by atoms with Gasteiger partial charge in [-0.2, -0.15) is 0 Å². The molecule has 0 aliphatic rings. The minimum Gasteiger partial charge on any atom is -0.393 e. The Morgan fingerprint density at radius 1 is 1.19 bits per heavy atom. The van der Waals surface area contributed by atoms with Crippen LogP contribution >= 0.6 is 22.6 Å². The van der Waals surface area contributed by atoms with Gasteiger partial charge in [-0.3, -0.25) is 14.8 Å². The fraction of sp³-hybridized carbons (Fsp3) is 0. The fourth-order valence-electron chi connectivity index (χ4n) is 1.71. The van der Waals surface area contributed by atoms with Crippen molar-refractivity contribution < 1.29 is 13.3 Å². The summed E-state index contributed by atoms with van der Waals surface area (Å²) >= 11 is 2.03. The normalized spacial score (nSPS) is 11.1. The number of nitro benzene ring substituents is 1. The molecule has 0 aliphatic heterocycles. The van der Waals surface area contributed by atoms with Gasteiger partial charge in [0.1, 0.15) is 5.69 Å². The Morgan fingerprint density at radius 3 is 2.48 bits per heavy atom. The van der Waals surface area contributed by atoms with Gasteiger partial charge < -0.3 is 5.73 Å². The number of sulfonamides is 1. The molecule has 2 rings (SSSR count). The standard InChI is InChI=1S/C12H10IN3O4S/c13-8-3-1-4-9(7-8)15-21(19,20)11-6-2-5-10(14)12(11)16(17)18/h1-7,15H,14H2. The Balaban J connectivity index is 2.50. The molecule has 2 aromatic carbocycles. The zero-order valence-corrected chi connectivity index (χ0v) is 13.5. The van der Waals surface area contributed by atoms with Crippen LogP contribution in [0.15, 0.2) is 47.4 Å². The van der Waals surface area contributed by atoms with E-state index in [-0.39, 0.29) is 5.69 Å². The summed E-state index contributed by atoms with van der Waals surface area (Å²) in [6, 6.07) is 10.4. The van der Waals surface area contributed by atoms with Crippen molar-refractivity contribution in [2.24, 2.45) is 0 Å². The highest BCUT2D eigenvalue weighted by Crippen LogP contribution is 2.31. The number of anilines is 2. The third-order valence-corrected chi connectivity index (χ3v) is 4.66. The van der Waals surface area contributed by atoms with Crippen LogP contribution in [0.2, 0.25) is 0 Å². The number of para-hydroxylation sites is 1. The average molecular weight is 419 g/mol. The van der Waals surface area contributed by atoms with Gasteiger partial charge in [0.2, 0.25) is 0 Å². The van der Waals surface area contributed by atoms with Crippen molar-refractivity contribution in [2.75, 3.05) is 10.5 Å². The third kappa shape index (κ3) is 3.42. The van der Waals surface area contributed by atoms with Gasteiger partial charge in [-0.05, 0) is 52.9 Å². The number of nitrogens with one attached hydrogen (secondary N) is 1. The Labute approximate surface area is 134 Å². The molecule has 0 atom stereocenters. The van der Waals surface area contributed by atoms with E-state index in [0.29, 0.717) is 5.69 Å². The topological polar surface area (TPSA) is 115 Å². The summed E-state index contributed by atoms with van der Waals surface area (Å²) in [5, 5.41) is 11.0. The second kappa shape index (κ2) is 5.85. The molecule has 0 fully saturated rings. The zero-order valence-electron chi connectivity index (χ0n) is 10.5. The molecule has 0 saturated carbocycles. The second-order valence-electron chi connectivity index (χ2n) is 4.07. The van der Waals surface area contributed by atoms with E-state index < -0.39 is 25.5 Å². The second-order valence-corrected chi connectivity index (χ2v) is 6.96. The number of nitrogen functional groups attached to an aromatic ring is 1. The predicted molar refractivity (Wildman–Crippen MR) is 87.5 cm³/mol. The third-order valence-electron chi connectivity index (χ3n) is 2.58. The van der Waals surface area contributed by atoms with Gasteiger partial charge in [0.05, 0.1) is 4.92 Å². The molecule has 0 heterocycles. The largest absolute Gasteiger partial charge is 0.393 e. The van der Waals surface area contributed by atoms with E-state index in [0.717, 1.165) is 9.64 Å². The molecule has 0 aromatic heterocycles. The molecule has 0 bridgehead atoms. The summed E-state index contributed by atoms with van der Waals surface area (Å²) in [6.45, 7) is 0. The minimum atomic E-state index is -4.10. The Kier molecular flexibility index (Phi) is 4.32. The predicted octanol–water partition coefficient (Wildman–Crippen LogP) is 2.58. The molecule has 9 heteroatoms. The smallest absolute Gasteiger partial charge is 0.312 e. The lowest BCUT2D eigenvalue weighted by Crippen LogP contribution is -2.15. The fourth-order valence-corrected chi connectivity index (χ4v) is 3.51. The number of nitrogens with zero attached hydrogens (tertiary/aromatic N) is 1. The van der Waals surface area contributed by atoms with Gasteiger partial charge in [-0.1, -0.05) is 12.1 Å². The summed E-state index contributed by atoms with van der Waals surface area (Å²) in [6.07, 6.45) is 0. The molecule has 0 spiro atoms. The van der Waals surface area contributed by atoms with Crippen LogP contribution in [0, 0.1) is 13.7 Å². The van der Waals surface area contributed by atoms with Crippen LogP contribution in [0.25, 0.3) is 0 Å². The van der Waals surface area contributed by atoms with Gasteiger partial charge in [-0.25, -0.2) is 8.42 Å². The number of hydrogen-bond acceptors (Lipinski definition) is 5. The number of nitro groups is 1. The minimum absolute atomic E-state index is 0.203. The number of benzene rings is 2. The Hall–Kier alpha value is -1.88. The molecule has 2 aromatic rings. The van der Waals surface area contributed by atoms with Gasteiger partial charge in [0, 0.05) is 9.26 Å². The van der Waals surface area contributed by atoms with Gasteiger partial charge in [0.15, 0.2) is 4.90 Å². The molecule has 0 radical (unpaired) electrons. The molecular formula is C12H10IN3O4S. The molecule has 0 aliphatic carbocycles. The van der Waals surface area contributed by atoms with Crippen LogP contribution < -0.4 is 10.5 Å². The molecule has 21 heavy (non-hydrogen) atoms. The molecular weight excluding hydrogens is 409 g/mol. The number of hydrogen-bond donors (Lipinski definition) is 2. The van der Waals surface area contributed by atoms with Gasteiger partial charge in [0.25, 0.3) is 10.0 Å². The van der Waals surface area contributed by atoms with Crippen molar-refractivity contribution >= 4 is 49.7 Å². The molecule has 7 nitrogen and oxygen atoms in total. The van der Waals surface area contributed by atoms with E-state index in [2.05, 4.69) is 4.72 Å². The zero-order chi connectivity index (χ0) is 15.6. The van der Waals surface area contributed by atoms with Crippen molar-refractivity contribution in [3.05, 3.63) is 56.1 Å². The lowest BCUT2D eigenvalue weighted by Gasteiger charge is -2.09. The quantitative estimate of drug-likeness (QED) is 0.342. The Morgan fingerprint density at radius 2 is 1.86 bits per heavy atom. The summed E-state index contributed by atoms with van der Waals surface area (Å²) in [5.41, 5.74) is 4.99. The monoisotopic (exact) mass is 419 g/mol. The van der Waals surface area contributed by atoms with Crippen molar-refractivity contribution in [3.8, 4) is 0 Å². The van der Waals surface area contributed by atoms with Gasteiger partial charge in [-0.15, -0.1) is 0 Å². The van der Waals surface area contributed by atoms with Crippen molar-refractivity contribution in [1.29, 1.82) is 0 Å². The van der Waals surface area contributed by atoms with E-state index in [1.54, 1.807) is 24.3 Å².